The largest absolute Gasteiger partial charge is 0.417 e. The van der Waals surface area contributed by atoms with Crippen LogP contribution in [-0.2, 0) is 12.1 Å². The van der Waals surface area contributed by atoms with Gasteiger partial charge >= 0.3 is 6.01 Å². The average molecular weight is 366 g/mol. The Labute approximate surface area is 151 Å². The SMILES string of the molecule is CC(=S)Oc1ncnn1C[C@@](O)(c1cccc(Cl)c1)C(C)C1CC1. The third-order valence-electron chi connectivity index (χ3n) is 4.61. The van der Waals surface area contributed by atoms with Gasteiger partial charge in [-0.15, -0.1) is 0 Å². The van der Waals surface area contributed by atoms with E-state index in [1.54, 1.807) is 17.7 Å². The highest BCUT2D eigenvalue weighted by atomic mass is 35.5. The third kappa shape index (κ3) is 3.61. The number of thiocarbonyl (C=S) groups is 1. The molecule has 0 aliphatic heterocycles. The molecular weight excluding hydrogens is 346 g/mol. The topological polar surface area (TPSA) is 60.2 Å². The minimum atomic E-state index is -1.12. The molecule has 1 aliphatic carbocycles. The molecule has 0 radical (unpaired) electrons. The number of hydrogen-bond acceptors (Lipinski definition) is 5. The molecule has 2 aromatic rings. The number of ether oxygens (including phenoxy) is 1. The highest BCUT2D eigenvalue weighted by molar-refractivity contribution is 7.80. The lowest BCUT2D eigenvalue weighted by atomic mass is 9.79. The summed E-state index contributed by atoms with van der Waals surface area (Å²) in [7, 11) is 0. The first-order valence-electron chi connectivity index (χ1n) is 7.95. The first-order chi connectivity index (χ1) is 11.4. The van der Waals surface area contributed by atoms with Crippen LogP contribution in [0.5, 0.6) is 6.01 Å². The number of hydrogen-bond donors (Lipinski definition) is 1. The number of aliphatic hydroxyl groups is 1. The van der Waals surface area contributed by atoms with Crippen LogP contribution in [0, 0.1) is 11.8 Å². The van der Waals surface area contributed by atoms with Crippen LogP contribution in [0.3, 0.4) is 0 Å². The Kier molecular flexibility index (Phi) is 4.90. The minimum Gasteiger partial charge on any atom is -0.417 e. The molecule has 7 heteroatoms. The Balaban J connectivity index is 1.96. The van der Waals surface area contributed by atoms with Gasteiger partial charge in [0.2, 0.25) is 0 Å². The molecule has 1 N–H and O–H groups in total. The van der Waals surface area contributed by atoms with E-state index in [-0.39, 0.29) is 18.5 Å². The van der Waals surface area contributed by atoms with Gasteiger partial charge in [0.05, 0.1) is 6.54 Å². The maximum Gasteiger partial charge on any atom is 0.320 e. The van der Waals surface area contributed by atoms with Gasteiger partial charge in [-0.05, 0) is 54.6 Å². The van der Waals surface area contributed by atoms with Crippen LogP contribution in [0.2, 0.25) is 5.02 Å². The van der Waals surface area contributed by atoms with Crippen LogP contribution in [0.25, 0.3) is 0 Å². The Bertz CT molecular complexity index is 747. The minimum absolute atomic E-state index is 0.0570. The van der Waals surface area contributed by atoms with Crippen molar-refractivity contribution in [2.24, 2.45) is 11.8 Å². The molecule has 2 atom stereocenters. The van der Waals surface area contributed by atoms with Crippen LogP contribution in [0.15, 0.2) is 30.6 Å². The summed E-state index contributed by atoms with van der Waals surface area (Å²) >= 11 is 11.1. The number of halogens is 1. The lowest BCUT2D eigenvalue weighted by molar-refractivity contribution is -0.0453. The number of nitrogens with zero attached hydrogens (tertiary/aromatic N) is 3. The summed E-state index contributed by atoms with van der Waals surface area (Å²) in [5.41, 5.74) is -0.345. The van der Waals surface area contributed by atoms with Crippen molar-refractivity contribution in [1.29, 1.82) is 0 Å². The Morgan fingerprint density at radius 1 is 1.54 bits per heavy atom. The summed E-state index contributed by atoms with van der Waals surface area (Å²) in [4.78, 5) is 4.08. The molecule has 1 aliphatic rings. The highest BCUT2D eigenvalue weighted by Gasteiger charge is 2.45. The van der Waals surface area contributed by atoms with Gasteiger partial charge in [0.15, 0.2) is 5.05 Å². The van der Waals surface area contributed by atoms with Crippen LogP contribution >= 0.6 is 23.8 Å². The molecule has 1 heterocycles. The molecule has 128 valence electrons. The Morgan fingerprint density at radius 3 is 2.92 bits per heavy atom. The van der Waals surface area contributed by atoms with E-state index in [1.165, 1.54) is 6.33 Å². The number of rotatable bonds is 6. The molecule has 0 bridgehead atoms. The molecule has 1 unspecified atom stereocenters. The zero-order chi connectivity index (χ0) is 17.3. The van der Waals surface area contributed by atoms with Gasteiger partial charge in [0, 0.05) is 11.9 Å². The van der Waals surface area contributed by atoms with E-state index >= 15 is 0 Å². The maximum atomic E-state index is 11.6. The van der Waals surface area contributed by atoms with Crippen LogP contribution in [-0.4, -0.2) is 24.9 Å². The molecule has 0 saturated heterocycles. The summed E-state index contributed by atoms with van der Waals surface area (Å²) in [6.07, 6.45) is 3.65. The van der Waals surface area contributed by atoms with Gasteiger partial charge in [0.1, 0.15) is 11.9 Å². The maximum absolute atomic E-state index is 11.6. The van der Waals surface area contributed by atoms with Crippen molar-refractivity contribution in [2.75, 3.05) is 0 Å². The van der Waals surface area contributed by atoms with Gasteiger partial charge in [-0.1, -0.05) is 30.7 Å². The number of aromatic nitrogens is 3. The van der Waals surface area contributed by atoms with E-state index in [0.717, 1.165) is 18.4 Å². The molecule has 3 rings (SSSR count). The van der Waals surface area contributed by atoms with Gasteiger partial charge in [0.25, 0.3) is 0 Å². The van der Waals surface area contributed by atoms with Crippen molar-refractivity contribution in [2.45, 2.75) is 38.8 Å². The second-order valence-electron chi connectivity index (χ2n) is 6.35. The van der Waals surface area contributed by atoms with Gasteiger partial charge < -0.3 is 9.84 Å². The van der Waals surface area contributed by atoms with Crippen molar-refractivity contribution in [3.05, 3.63) is 41.2 Å². The second-order valence-corrected chi connectivity index (χ2v) is 7.37. The molecule has 1 aromatic heterocycles. The average Bonchev–Trinajstić information content (AvgIpc) is 3.29. The zero-order valence-electron chi connectivity index (χ0n) is 13.6. The molecule has 0 spiro atoms. The summed E-state index contributed by atoms with van der Waals surface area (Å²) in [6, 6.07) is 7.63. The zero-order valence-corrected chi connectivity index (χ0v) is 15.2. The highest BCUT2D eigenvalue weighted by Crippen LogP contribution is 2.47. The van der Waals surface area contributed by atoms with Crippen molar-refractivity contribution >= 4 is 28.9 Å². The van der Waals surface area contributed by atoms with Gasteiger partial charge in [-0.25, -0.2) is 4.68 Å². The molecule has 1 fully saturated rings. The van der Waals surface area contributed by atoms with Crippen LogP contribution in [0.4, 0.5) is 0 Å². The predicted octanol–water partition coefficient (Wildman–Crippen LogP) is 3.59. The Hall–Kier alpha value is -1.50. The van der Waals surface area contributed by atoms with E-state index in [9.17, 15) is 5.11 Å². The lowest BCUT2D eigenvalue weighted by Crippen LogP contribution is -2.39. The summed E-state index contributed by atoms with van der Waals surface area (Å²) in [5, 5.41) is 16.7. The first kappa shape index (κ1) is 17.3. The molecule has 0 amide bonds. The standard InChI is InChI=1S/C17H20ClN3O2S/c1-11(13-6-7-13)17(22,14-4-3-5-15(18)8-14)9-21-16(19-10-20-21)23-12(2)24/h3-5,8,10-11,13,22H,6-7,9H2,1-2H3/t11?,17-/m0/s1. The van der Waals surface area contributed by atoms with E-state index in [1.807, 2.05) is 18.2 Å². The Morgan fingerprint density at radius 2 is 2.29 bits per heavy atom. The van der Waals surface area contributed by atoms with Crippen molar-refractivity contribution in [3.8, 4) is 6.01 Å². The predicted molar refractivity (Wildman–Crippen MR) is 96.2 cm³/mol. The molecule has 24 heavy (non-hydrogen) atoms. The quantitative estimate of drug-likeness (QED) is 0.792. The van der Waals surface area contributed by atoms with E-state index in [0.29, 0.717) is 16.0 Å². The van der Waals surface area contributed by atoms with Gasteiger partial charge in [-0.3, -0.25) is 0 Å². The van der Waals surface area contributed by atoms with Crippen molar-refractivity contribution in [1.82, 2.24) is 14.8 Å². The van der Waals surface area contributed by atoms with Crippen LogP contribution < -0.4 is 4.74 Å². The fraction of sp³-hybridized carbons (Fsp3) is 0.471. The fourth-order valence-corrected chi connectivity index (χ4v) is 3.30. The first-order valence-corrected chi connectivity index (χ1v) is 8.73. The van der Waals surface area contributed by atoms with E-state index < -0.39 is 5.60 Å². The lowest BCUT2D eigenvalue weighted by Gasteiger charge is -2.35. The third-order valence-corrected chi connectivity index (χ3v) is 4.93. The summed E-state index contributed by atoms with van der Waals surface area (Å²) in [5.74, 6) is 0.552. The molecule has 1 saturated carbocycles. The summed E-state index contributed by atoms with van der Waals surface area (Å²) in [6.45, 7) is 3.97. The van der Waals surface area contributed by atoms with Crippen molar-refractivity contribution < 1.29 is 9.84 Å². The monoisotopic (exact) mass is 365 g/mol. The van der Waals surface area contributed by atoms with Crippen molar-refractivity contribution in [3.63, 3.8) is 0 Å². The molecule has 5 nitrogen and oxygen atoms in total. The van der Waals surface area contributed by atoms with E-state index in [2.05, 4.69) is 17.0 Å². The van der Waals surface area contributed by atoms with E-state index in [4.69, 9.17) is 28.6 Å². The smallest absolute Gasteiger partial charge is 0.320 e. The fourth-order valence-electron chi connectivity index (χ4n) is 3.04. The molecule has 1 aromatic carbocycles. The van der Waals surface area contributed by atoms with Crippen LogP contribution in [0.1, 0.15) is 32.3 Å². The summed E-state index contributed by atoms with van der Waals surface area (Å²) < 4.78 is 6.98. The molecular formula is C17H20ClN3O2S. The normalized spacial score (nSPS) is 18.0. The second kappa shape index (κ2) is 6.78. The number of benzene rings is 1. The van der Waals surface area contributed by atoms with Gasteiger partial charge in [-0.2, -0.15) is 10.1 Å².